The van der Waals surface area contributed by atoms with Crippen LogP contribution in [0.4, 0.5) is 5.69 Å². The predicted octanol–water partition coefficient (Wildman–Crippen LogP) is 1.20. The molecule has 1 atom stereocenters. The lowest BCUT2D eigenvalue weighted by atomic mass is 10.1. The summed E-state index contributed by atoms with van der Waals surface area (Å²) in [6.07, 6.45) is -0.111. The molecule has 1 aromatic carbocycles. The summed E-state index contributed by atoms with van der Waals surface area (Å²) in [4.78, 5) is 24.3. The van der Waals surface area contributed by atoms with Crippen LogP contribution in [0.2, 0.25) is 0 Å². The standard InChI is InChI=1S/C13H15NO4/c1-9-4-2-3-5-11(9)14-10(6-13(16)17)7-18-8-12(14)15/h2-5,10H,6-8H2,1H3,(H,16,17). The van der Waals surface area contributed by atoms with Crippen molar-refractivity contribution in [1.82, 2.24) is 0 Å². The van der Waals surface area contributed by atoms with Gasteiger partial charge in [-0.15, -0.1) is 0 Å². The van der Waals surface area contributed by atoms with Crippen molar-refractivity contribution in [2.24, 2.45) is 0 Å². The zero-order valence-corrected chi connectivity index (χ0v) is 10.1. The molecule has 5 nitrogen and oxygen atoms in total. The van der Waals surface area contributed by atoms with Crippen molar-refractivity contribution < 1.29 is 19.4 Å². The molecule has 0 aliphatic carbocycles. The first-order chi connectivity index (χ1) is 8.59. The Morgan fingerprint density at radius 2 is 2.22 bits per heavy atom. The average Bonchev–Trinajstić information content (AvgIpc) is 2.30. The normalized spacial score (nSPS) is 19.9. The molecule has 18 heavy (non-hydrogen) atoms. The molecule has 96 valence electrons. The third-order valence-corrected chi connectivity index (χ3v) is 2.95. The first-order valence-electron chi connectivity index (χ1n) is 5.77. The SMILES string of the molecule is Cc1ccccc1N1C(=O)COCC1CC(=O)O. The topological polar surface area (TPSA) is 66.8 Å². The van der Waals surface area contributed by atoms with Crippen LogP contribution in [0.3, 0.4) is 0 Å². The van der Waals surface area contributed by atoms with Gasteiger partial charge in [-0.05, 0) is 18.6 Å². The zero-order valence-electron chi connectivity index (χ0n) is 10.1. The summed E-state index contributed by atoms with van der Waals surface area (Å²) in [5.41, 5.74) is 1.71. The van der Waals surface area contributed by atoms with Crippen molar-refractivity contribution in [3.05, 3.63) is 29.8 Å². The maximum Gasteiger partial charge on any atom is 0.305 e. The van der Waals surface area contributed by atoms with E-state index in [1.165, 1.54) is 0 Å². The monoisotopic (exact) mass is 249 g/mol. The lowest BCUT2D eigenvalue weighted by Gasteiger charge is -2.35. The Balaban J connectivity index is 2.33. The number of hydrogen-bond donors (Lipinski definition) is 1. The molecular weight excluding hydrogens is 234 g/mol. The lowest BCUT2D eigenvalue weighted by molar-refractivity contribution is -0.138. The number of rotatable bonds is 3. The summed E-state index contributed by atoms with van der Waals surface area (Å²) in [6.45, 7) is 2.16. The van der Waals surface area contributed by atoms with Gasteiger partial charge < -0.3 is 14.7 Å². The zero-order chi connectivity index (χ0) is 13.1. The second-order valence-electron chi connectivity index (χ2n) is 4.32. The van der Waals surface area contributed by atoms with E-state index >= 15 is 0 Å². The molecule has 1 aromatic rings. The number of morpholine rings is 1. The van der Waals surface area contributed by atoms with Gasteiger partial charge in [-0.3, -0.25) is 9.59 Å². The Morgan fingerprint density at radius 1 is 1.50 bits per heavy atom. The van der Waals surface area contributed by atoms with E-state index < -0.39 is 12.0 Å². The van der Waals surface area contributed by atoms with Crippen molar-refractivity contribution in [3.63, 3.8) is 0 Å². The number of carboxylic acids is 1. The van der Waals surface area contributed by atoms with Crippen LogP contribution in [0.25, 0.3) is 0 Å². The van der Waals surface area contributed by atoms with Gasteiger partial charge in [0.1, 0.15) is 6.61 Å². The average molecular weight is 249 g/mol. The van der Waals surface area contributed by atoms with Gasteiger partial charge in [0.15, 0.2) is 0 Å². The van der Waals surface area contributed by atoms with Gasteiger partial charge >= 0.3 is 5.97 Å². The van der Waals surface area contributed by atoms with Crippen LogP contribution in [0, 0.1) is 6.92 Å². The molecule has 1 amide bonds. The Hall–Kier alpha value is -1.88. The Bertz CT molecular complexity index is 472. The predicted molar refractivity (Wildman–Crippen MR) is 65.5 cm³/mol. The Morgan fingerprint density at radius 3 is 2.89 bits per heavy atom. The molecule has 1 fully saturated rings. The van der Waals surface area contributed by atoms with Crippen LogP contribution in [0.15, 0.2) is 24.3 Å². The highest BCUT2D eigenvalue weighted by Crippen LogP contribution is 2.25. The highest BCUT2D eigenvalue weighted by molar-refractivity contribution is 5.96. The molecule has 1 N–H and O–H groups in total. The summed E-state index contributed by atoms with van der Waals surface area (Å²) in [7, 11) is 0. The maximum atomic E-state index is 11.9. The van der Waals surface area contributed by atoms with Crippen LogP contribution >= 0.6 is 0 Å². The number of aryl methyl sites for hydroxylation is 1. The van der Waals surface area contributed by atoms with Crippen molar-refractivity contribution in [2.45, 2.75) is 19.4 Å². The highest BCUT2D eigenvalue weighted by Gasteiger charge is 2.32. The first kappa shape index (κ1) is 12.6. The Labute approximate surface area is 105 Å². The number of aliphatic carboxylic acids is 1. The number of para-hydroxylation sites is 1. The number of hydrogen-bond acceptors (Lipinski definition) is 3. The lowest BCUT2D eigenvalue weighted by Crippen LogP contribution is -2.50. The van der Waals surface area contributed by atoms with E-state index in [0.717, 1.165) is 11.3 Å². The van der Waals surface area contributed by atoms with Gasteiger partial charge in [0.25, 0.3) is 5.91 Å². The van der Waals surface area contributed by atoms with E-state index in [1.807, 2.05) is 31.2 Å². The largest absolute Gasteiger partial charge is 0.481 e. The second-order valence-corrected chi connectivity index (χ2v) is 4.32. The molecule has 0 aromatic heterocycles. The number of carboxylic acid groups (broad SMARTS) is 1. The molecule has 1 unspecified atom stereocenters. The van der Waals surface area contributed by atoms with E-state index in [4.69, 9.17) is 9.84 Å². The summed E-state index contributed by atoms with van der Waals surface area (Å²) < 4.78 is 5.13. The maximum absolute atomic E-state index is 11.9. The fraction of sp³-hybridized carbons (Fsp3) is 0.385. The van der Waals surface area contributed by atoms with Crippen LogP contribution in [0.1, 0.15) is 12.0 Å². The van der Waals surface area contributed by atoms with E-state index in [9.17, 15) is 9.59 Å². The van der Waals surface area contributed by atoms with Gasteiger partial charge in [-0.1, -0.05) is 18.2 Å². The quantitative estimate of drug-likeness (QED) is 0.874. The van der Waals surface area contributed by atoms with Crippen molar-refractivity contribution >= 4 is 17.6 Å². The second kappa shape index (κ2) is 5.18. The molecule has 1 saturated heterocycles. The van der Waals surface area contributed by atoms with E-state index in [1.54, 1.807) is 4.90 Å². The molecule has 2 rings (SSSR count). The van der Waals surface area contributed by atoms with E-state index in [2.05, 4.69) is 0 Å². The number of carbonyl (C=O) groups excluding carboxylic acids is 1. The van der Waals surface area contributed by atoms with E-state index in [0.29, 0.717) is 0 Å². The highest BCUT2D eigenvalue weighted by atomic mass is 16.5. The summed E-state index contributed by atoms with van der Waals surface area (Å²) >= 11 is 0. The molecule has 1 heterocycles. The smallest absolute Gasteiger partial charge is 0.305 e. The number of amides is 1. The summed E-state index contributed by atoms with van der Waals surface area (Å²) in [6, 6.07) is 7.01. The minimum atomic E-state index is -0.933. The molecule has 5 heteroatoms. The van der Waals surface area contributed by atoms with E-state index in [-0.39, 0.29) is 25.5 Å². The van der Waals surface area contributed by atoms with Crippen molar-refractivity contribution in [1.29, 1.82) is 0 Å². The number of anilines is 1. The minimum absolute atomic E-state index is 0.00442. The van der Waals surface area contributed by atoms with Gasteiger partial charge in [0.05, 0.1) is 19.1 Å². The van der Waals surface area contributed by atoms with Gasteiger partial charge in [-0.2, -0.15) is 0 Å². The molecule has 0 spiro atoms. The summed E-state index contributed by atoms with van der Waals surface area (Å²) in [5, 5.41) is 8.89. The number of benzene rings is 1. The third kappa shape index (κ3) is 2.51. The third-order valence-electron chi connectivity index (χ3n) is 2.95. The van der Waals surface area contributed by atoms with Crippen molar-refractivity contribution in [2.75, 3.05) is 18.1 Å². The molecule has 1 aliphatic heterocycles. The van der Waals surface area contributed by atoms with Crippen LogP contribution in [-0.2, 0) is 14.3 Å². The van der Waals surface area contributed by atoms with Crippen LogP contribution < -0.4 is 4.90 Å². The summed E-state index contributed by atoms with van der Waals surface area (Å²) in [5.74, 6) is -1.13. The van der Waals surface area contributed by atoms with Gasteiger partial charge in [0, 0.05) is 5.69 Å². The molecule has 0 saturated carbocycles. The van der Waals surface area contributed by atoms with Crippen LogP contribution in [0.5, 0.6) is 0 Å². The molecule has 0 bridgehead atoms. The molecular formula is C13H15NO4. The van der Waals surface area contributed by atoms with Gasteiger partial charge in [0.2, 0.25) is 0 Å². The fourth-order valence-corrected chi connectivity index (χ4v) is 2.15. The molecule has 0 radical (unpaired) electrons. The van der Waals surface area contributed by atoms with Crippen molar-refractivity contribution in [3.8, 4) is 0 Å². The number of nitrogens with zero attached hydrogens (tertiary/aromatic N) is 1. The number of ether oxygens (including phenoxy) is 1. The Kier molecular flexibility index (Phi) is 3.62. The molecule has 1 aliphatic rings. The van der Waals surface area contributed by atoms with Crippen LogP contribution in [-0.4, -0.2) is 36.2 Å². The minimum Gasteiger partial charge on any atom is -0.481 e. The van der Waals surface area contributed by atoms with Gasteiger partial charge in [-0.25, -0.2) is 0 Å². The first-order valence-corrected chi connectivity index (χ1v) is 5.77. The fourth-order valence-electron chi connectivity index (χ4n) is 2.15. The number of carbonyl (C=O) groups is 2.